The number of carbonyl (C=O) groups is 1. The minimum Gasteiger partial charge on any atom is -0.287 e. The van der Waals surface area contributed by atoms with Gasteiger partial charge in [-0.3, -0.25) is 14.6 Å². The Morgan fingerprint density at radius 2 is 1.87 bits per heavy atom. The number of anilines is 1. The molecule has 0 saturated heterocycles. The van der Waals surface area contributed by atoms with E-state index < -0.39 is 44.4 Å². The zero-order valence-corrected chi connectivity index (χ0v) is 18.0. The Bertz CT molecular complexity index is 1410. The van der Waals surface area contributed by atoms with E-state index in [2.05, 4.69) is 35.8 Å². The molecule has 31 heavy (non-hydrogen) atoms. The van der Waals surface area contributed by atoms with Gasteiger partial charge in [0.15, 0.2) is 11.5 Å². The second kappa shape index (κ2) is 8.16. The van der Waals surface area contributed by atoms with E-state index in [-0.39, 0.29) is 16.7 Å². The third-order valence-electron chi connectivity index (χ3n) is 4.38. The van der Waals surface area contributed by atoms with E-state index in [1.165, 1.54) is 12.3 Å². The number of hydrogen-bond donors (Lipinski definition) is 2. The minimum absolute atomic E-state index is 0.245. The Hall–Kier alpha value is -3.18. The summed E-state index contributed by atoms with van der Waals surface area (Å²) in [6.45, 7) is 0. The lowest BCUT2D eigenvalue weighted by molar-refractivity contribution is 0.102. The van der Waals surface area contributed by atoms with Crippen LogP contribution >= 0.6 is 15.9 Å². The fourth-order valence-electron chi connectivity index (χ4n) is 3.01. The van der Waals surface area contributed by atoms with Crippen LogP contribution in [0.25, 0.3) is 11.0 Å². The fraction of sp³-hybridized carbons (Fsp3) is 0.0500. The van der Waals surface area contributed by atoms with E-state index >= 15 is 4.39 Å². The number of rotatable bonds is 6. The molecule has 0 saturated carbocycles. The lowest BCUT2D eigenvalue weighted by Gasteiger charge is -2.11. The lowest BCUT2D eigenvalue weighted by Crippen LogP contribution is -2.18. The molecule has 0 bridgehead atoms. The highest BCUT2D eigenvalue weighted by molar-refractivity contribution is 9.10. The number of ketones is 1. The average Bonchev–Trinajstić information content (AvgIpc) is 3.13. The Morgan fingerprint density at radius 3 is 2.61 bits per heavy atom. The molecule has 0 atom stereocenters. The Balaban J connectivity index is 1.70. The second-order valence-electron chi connectivity index (χ2n) is 6.58. The summed E-state index contributed by atoms with van der Waals surface area (Å²) in [5.74, 6) is -3.95. The van der Waals surface area contributed by atoms with Crippen molar-refractivity contribution in [3.05, 3.63) is 87.7 Å². The van der Waals surface area contributed by atoms with E-state index in [9.17, 15) is 17.6 Å². The normalized spacial score (nSPS) is 11.6. The van der Waals surface area contributed by atoms with Gasteiger partial charge in [-0.05, 0) is 39.7 Å². The minimum atomic E-state index is -4.02. The summed E-state index contributed by atoms with van der Waals surface area (Å²) in [4.78, 5) is 16.9. The molecule has 2 heterocycles. The van der Waals surface area contributed by atoms with Gasteiger partial charge in [0, 0.05) is 10.7 Å². The van der Waals surface area contributed by atoms with Gasteiger partial charge >= 0.3 is 0 Å². The monoisotopic (exact) mass is 506 g/mol. The van der Waals surface area contributed by atoms with E-state index in [1.54, 1.807) is 30.3 Å². The molecule has 0 aliphatic rings. The summed E-state index contributed by atoms with van der Waals surface area (Å²) in [7, 11) is -4.02. The van der Waals surface area contributed by atoms with E-state index in [0.29, 0.717) is 10.0 Å². The number of hydrogen-bond acceptors (Lipinski definition) is 5. The molecule has 2 aromatic carbocycles. The molecule has 7 nitrogen and oxygen atoms in total. The van der Waals surface area contributed by atoms with Crippen LogP contribution in [0.3, 0.4) is 0 Å². The van der Waals surface area contributed by atoms with Crippen molar-refractivity contribution in [2.75, 3.05) is 4.72 Å². The molecule has 0 amide bonds. The predicted octanol–water partition coefficient (Wildman–Crippen LogP) is 4.17. The first kappa shape index (κ1) is 21.1. The summed E-state index contributed by atoms with van der Waals surface area (Å²) in [6.07, 6.45) is 1.47. The molecule has 4 aromatic rings. The molecule has 0 unspecified atom stereocenters. The van der Waals surface area contributed by atoms with Gasteiger partial charge in [-0.15, -0.1) is 0 Å². The summed E-state index contributed by atoms with van der Waals surface area (Å²) in [5.41, 5.74) is -0.971. The molecule has 0 radical (unpaired) electrons. The molecule has 0 spiro atoms. The number of sulfonamides is 1. The highest BCUT2D eigenvalue weighted by Gasteiger charge is 2.27. The third-order valence-corrected chi connectivity index (χ3v) is 6.06. The molecule has 2 N–H and O–H groups in total. The Labute approximate surface area is 183 Å². The van der Waals surface area contributed by atoms with Crippen LogP contribution in [0.5, 0.6) is 0 Å². The number of H-pyrrole nitrogens is 1. The number of aromatic amines is 1. The van der Waals surface area contributed by atoms with Crippen molar-refractivity contribution in [2.24, 2.45) is 0 Å². The number of pyridine rings is 1. The predicted molar refractivity (Wildman–Crippen MR) is 114 cm³/mol. The molecular weight excluding hydrogens is 494 g/mol. The number of fused-ring (bicyclic) bond motifs is 1. The van der Waals surface area contributed by atoms with Crippen LogP contribution in [0.15, 0.2) is 59.2 Å². The number of nitrogens with zero attached hydrogens (tertiary/aromatic N) is 2. The Kier molecular flexibility index (Phi) is 5.54. The van der Waals surface area contributed by atoms with Gasteiger partial charge < -0.3 is 0 Å². The van der Waals surface area contributed by atoms with Crippen LogP contribution in [0.4, 0.5) is 14.5 Å². The summed E-state index contributed by atoms with van der Waals surface area (Å²) in [6, 6.07) is 11.5. The number of halogens is 3. The van der Waals surface area contributed by atoms with Crippen molar-refractivity contribution >= 4 is 48.5 Å². The zero-order valence-electron chi connectivity index (χ0n) is 15.6. The van der Waals surface area contributed by atoms with Crippen LogP contribution in [0, 0.1) is 11.6 Å². The third kappa shape index (κ3) is 4.32. The van der Waals surface area contributed by atoms with Crippen LogP contribution in [0.2, 0.25) is 0 Å². The zero-order chi connectivity index (χ0) is 22.2. The van der Waals surface area contributed by atoms with Gasteiger partial charge in [0.1, 0.15) is 11.5 Å². The Morgan fingerprint density at radius 1 is 1.13 bits per heavy atom. The number of benzene rings is 2. The molecule has 2 aromatic heterocycles. The SMILES string of the molecule is O=C(c1c(F)ccc(NS(=O)(=O)Cc2ccccc2)c1F)c1n[nH]c2ncc(Br)cc12. The van der Waals surface area contributed by atoms with E-state index in [0.717, 1.165) is 12.1 Å². The summed E-state index contributed by atoms with van der Waals surface area (Å²) < 4.78 is 57.0. The van der Waals surface area contributed by atoms with Crippen molar-refractivity contribution in [1.82, 2.24) is 15.2 Å². The van der Waals surface area contributed by atoms with E-state index in [4.69, 9.17) is 0 Å². The molecule has 0 aliphatic carbocycles. The van der Waals surface area contributed by atoms with E-state index in [1.807, 2.05) is 0 Å². The molecule has 158 valence electrons. The maximum Gasteiger partial charge on any atom is 0.237 e. The summed E-state index contributed by atoms with van der Waals surface area (Å²) in [5, 5.41) is 6.61. The van der Waals surface area contributed by atoms with Crippen LogP contribution < -0.4 is 4.72 Å². The summed E-state index contributed by atoms with van der Waals surface area (Å²) >= 11 is 3.22. The molecule has 0 fully saturated rings. The van der Waals surface area contributed by atoms with Crippen molar-refractivity contribution in [3.63, 3.8) is 0 Å². The average molecular weight is 507 g/mol. The number of aromatic nitrogens is 3. The van der Waals surface area contributed by atoms with Crippen LogP contribution in [-0.2, 0) is 15.8 Å². The first-order chi connectivity index (χ1) is 14.7. The van der Waals surface area contributed by atoms with Crippen molar-refractivity contribution in [2.45, 2.75) is 5.75 Å². The quantitative estimate of drug-likeness (QED) is 0.382. The van der Waals surface area contributed by atoms with Crippen molar-refractivity contribution in [3.8, 4) is 0 Å². The van der Waals surface area contributed by atoms with Gasteiger partial charge in [-0.2, -0.15) is 5.10 Å². The smallest absolute Gasteiger partial charge is 0.237 e. The first-order valence-corrected chi connectivity index (χ1v) is 11.3. The maximum absolute atomic E-state index is 15.1. The topological polar surface area (TPSA) is 105 Å². The highest BCUT2D eigenvalue weighted by Crippen LogP contribution is 2.27. The van der Waals surface area contributed by atoms with Gasteiger partial charge in [0.25, 0.3) is 0 Å². The number of carbonyl (C=O) groups excluding carboxylic acids is 1. The lowest BCUT2D eigenvalue weighted by atomic mass is 10.0. The van der Waals surface area contributed by atoms with Crippen LogP contribution in [-0.4, -0.2) is 29.4 Å². The molecular formula is C20H13BrF2N4O3S. The van der Waals surface area contributed by atoms with Gasteiger partial charge in [-0.25, -0.2) is 22.2 Å². The second-order valence-corrected chi connectivity index (χ2v) is 9.22. The fourth-order valence-corrected chi connectivity index (χ4v) is 4.53. The first-order valence-electron chi connectivity index (χ1n) is 8.82. The van der Waals surface area contributed by atoms with Gasteiger partial charge in [0.05, 0.1) is 22.4 Å². The molecule has 4 rings (SSSR count). The van der Waals surface area contributed by atoms with Crippen molar-refractivity contribution in [1.29, 1.82) is 0 Å². The van der Waals surface area contributed by atoms with Crippen LogP contribution in [0.1, 0.15) is 21.6 Å². The standard InChI is InChI=1S/C20H13BrF2N4O3S/c21-12-8-13-18(25-26-20(13)24-9-12)19(28)16-14(22)6-7-15(17(16)23)27-31(29,30)10-11-4-2-1-3-5-11/h1-9,27H,10H2,(H,24,25,26). The van der Waals surface area contributed by atoms with Gasteiger partial charge in [0.2, 0.25) is 15.8 Å². The van der Waals surface area contributed by atoms with Gasteiger partial charge in [-0.1, -0.05) is 30.3 Å². The maximum atomic E-state index is 15.1. The molecule has 11 heteroatoms. The largest absolute Gasteiger partial charge is 0.287 e. The number of nitrogens with one attached hydrogen (secondary N) is 2. The van der Waals surface area contributed by atoms with Crippen molar-refractivity contribution < 1.29 is 22.0 Å². The molecule has 0 aliphatic heterocycles. The highest BCUT2D eigenvalue weighted by atomic mass is 79.9.